The van der Waals surface area contributed by atoms with Crippen LogP contribution in [0.25, 0.3) is 0 Å². The second-order valence-corrected chi connectivity index (χ2v) is 6.41. The first-order chi connectivity index (χ1) is 11.5. The fourth-order valence-electron chi connectivity index (χ4n) is 2.59. The molecule has 0 saturated carbocycles. The van der Waals surface area contributed by atoms with E-state index in [0.717, 1.165) is 4.47 Å². The van der Waals surface area contributed by atoms with E-state index in [1.165, 1.54) is 12.1 Å². The van der Waals surface area contributed by atoms with Crippen molar-refractivity contribution in [2.45, 2.75) is 12.5 Å². The molecule has 1 fully saturated rings. The van der Waals surface area contributed by atoms with Crippen molar-refractivity contribution in [1.29, 1.82) is 0 Å². The molecule has 3 rings (SSSR count). The summed E-state index contributed by atoms with van der Waals surface area (Å²) in [4.78, 5) is 25.7. The number of benzene rings is 2. The Morgan fingerprint density at radius 3 is 2.67 bits per heavy atom. The van der Waals surface area contributed by atoms with Gasteiger partial charge in [0.1, 0.15) is 5.82 Å². The summed E-state index contributed by atoms with van der Waals surface area (Å²) in [5.74, 6) is -0.456. The number of hydrogen-bond donors (Lipinski definition) is 2. The van der Waals surface area contributed by atoms with Gasteiger partial charge in [0.2, 0.25) is 5.91 Å². The van der Waals surface area contributed by atoms with Crippen molar-refractivity contribution in [3.8, 4) is 0 Å². The molecule has 124 valence electrons. The summed E-state index contributed by atoms with van der Waals surface area (Å²) in [6.45, 7) is 0.358. The Kier molecular flexibility index (Phi) is 4.80. The summed E-state index contributed by atoms with van der Waals surface area (Å²) in [6, 6.07) is 12.3. The molecule has 2 aromatic carbocycles. The molecule has 0 spiro atoms. The summed E-state index contributed by atoms with van der Waals surface area (Å²) >= 11 is 3.34. The molecule has 2 aromatic rings. The molecule has 1 atom stereocenters. The third-order valence-corrected chi connectivity index (χ3v) is 4.17. The van der Waals surface area contributed by atoms with Gasteiger partial charge in [0.05, 0.1) is 6.04 Å². The van der Waals surface area contributed by atoms with E-state index in [1.54, 1.807) is 29.2 Å². The zero-order chi connectivity index (χ0) is 17.1. The number of urea groups is 1. The predicted octanol–water partition coefficient (Wildman–Crippen LogP) is 3.52. The molecular weight excluding hydrogens is 377 g/mol. The van der Waals surface area contributed by atoms with E-state index in [4.69, 9.17) is 0 Å². The highest BCUT2D eigenvalue weighted by molar-refractivity contribution is 9.10. The Labute approximate surface area is 147 Å². The Balaban J connectivity index is 1.59. The molecule has 3 amide bonds. The van der Waals surface area contributed by atoms with Gasteiger partial charge in [-0.1, -0.05) is 22.0 Å². The minimum Gasteiger partial charge on any atom is -0.333 e. The van der Waals surface area contributed by atoms with Gasteiger partial charge in [-0.05, 0) is 42.5 Å². The van der Waals surface area contributed by atoms with Crippen molar-refractivity contribution in [2.24, 2.45) is 0 Å². The standard InChI is InChI=1S/C17H15BrFN3O2/c18-11-2-1-3-13(8-11)20-17(24)21-14-9-16(23)22(10-14)15-6-4-12(19)5-7-15/h1-8,14H,9-10H2,(H2,20,21,24)/t14-/m1/s1. The quantitative estimate of drug-likeness (QED) is 0.840. The van der Waals surface area contributed by atoms with Crippen LogP contribution in [0, 0.1) is 5.82 Å². The van der Waals surface area contributed by atoms with Crippen LogP contribution in [0.15, 0.2) is 53.0 Å². The summed E-state index contributed by atoms with van der Waals surface area (Å²) in [7, 11) is 0. The fourth-order valence-corrected chi connectivity index (χ4v) is 2.99. The van der Waals surface area contributed by atoms with Crippen molar-refractivity contribution in [1.82, 2.24) is 5.32 Å². The third kappa shape index (κ3) is 3.91. The lowest BCUT2D eigenvalue weighted by molar-refractivity contribution is -0.117. The first-order valence-corrected chi connectivity index (χ1v) is 8.19. The second-order valence-electron chi connectivity index (χ2n) is 5.49. The van der Waals surface area contributed by atoms with E-state index >= 15 is 0 Å². The minimum absolute atomic E-state index is 0.102. The average molecular weight is 392 g/mol. The van der Waals surface area contributed by atoms with Gasteiger partial charge in [0.15, 0.2) is 0 Å². The maximum absolute atomic E-state index is 13.0. The van der Waals surface area contributed by atoms with Crippen molar-refractivity contribution >= 4 is 39.2 Å². The van der Waals surface area contributed by atoms with E-state index in [-0.39, 0.29) is 30.2 Å². The second kappa shape index (κ2) is 7.00. The zero-order valence-electron chi connectivity index (χ0n) is 12.6. The number of anilines is 2. The monoisotopic (exact) mass is 391 g/mol. The van der Waals surface area contributed by atoms with Gasteiger partial charge in [0.25, 0.3) is 0 Å². The van der Waals surface area contributed by atoms with Crippen LogP contribution in [0.3, 0.4) is 0 Å². The smallest absolute Gasteiger partial charge is 0.319 e. The number of carbonyl (C=O) groups is 2. The molecular formula is C17H15BrFN3O2. The molecule has 1 saturated heterocycles. The van der Waals surface area contributed by atoms with Crippen LogP contribution in [0.1, 0.15) is 6.42 Å². The van der Waals surface area contributed by atoms with Gasteiger partial charge in [-0.2, -0.15) is 0 Å². The largest absolute Gasteiger partial charge is 0.333 e. The molecule has 0 bridgehead atoms. The highest BCUT2D eigenvalue weighted by Gasteiger charge is 2.31. The maximum atomic E-state index is 13.0. The van der Waals surface area contributed by atoms with E-state index < -0.39 is 0 Å². The highest BCUT2D eigenvalue weighted by atomic mass is 79.9. The zero-order valence-corrected chi connectivity index (χ0v) is 14.2. The maximum Gasteiger partial charge on any atom is 0.319 e. The summed E-state index contributed by atoms with van der Waals surface area (Å²) in [6.07, 6.45) is 0.212. The Bertz CT molecular complexity index is 767. The SMILES string of the molecule is O=C(Nc1cccc(Br)c1)N[C@@H]1CC(=O)N(c2ccc(F)cc2)C1. The predicted molar refractivity (Wildman–Crippen MR) is 93.5 cm³/mol. The van der Waals surface area contributed by atoms with Crippen LogP contribution in [0.2, 0.25) is 0 Å². The van der Waals surface area contributed by atoms with E-state index in [9.17, 15) is 14.0 Å². The molecule has 1 aliphatic rings. The molecule has 0 unspecified atom stereocenters. The normalized spacial score (nSPS) is 17.0. The van der Waals surface area contributed by atoms with Crippen LogP contribution in [0.4, 0.5) is 20.6 Å². The first-order valence-electron chi connectivity index (χ1n) is 7.40. The van der Waals surface area contributed by atoms with Crippen LogP contribution in [0.5, 0.6) is 0 Å². The van der Waals surface area contributed by atoms with E-state index in [0.29, 0.717) is 17.9 Å². The first kappa shape index (κ1) is 16.4. The molecule has 1 aliphatic heterocycles. The number of nitrogens with one attached hydrogen (secondary N) is 2. The van der Waals surface area contributed by atoms with E-state index in [2.05, 4.69) is 26.6 Å². The van der Waals surface area contributed by atoms with Crippen LogP contribution in [-0.2, 0) is 4.79 Å². The molecule has 2 N–H and O–H groups in total. The summed E-state index contributed by atoms with van der Waals surface area (Å²) in [5, 5.41) is 5.51. The number of nitrogens with zero attached hydrogens (tertiary/aromatic N) is 1. The lowest BCUT2D eigenvalue weighted by Gasteiger charge is -2.17. The number of carbonyl (C=O) groups excluding carboxylic acids is 2. The summed E-state index contributed by atoms with van der Waals surface area (Å²) in [5.41, 5.74) is 1.28. The van der Waals surface area contributed by atoms with E-state index in [1.807, 2.05) is 12.1 Å². The van der Waals surface area contributed by atoms with Gasteiger partial charge in [-0.25, -0.2) is 9.18 Å². The van der Waals surface area contributed by atoms with Crippen molar-refractivity contribution in [2.75, 3.05) is 16.8 Å². The lowest BCUT2D eigenvalue weighted by Crippen LogP contribution is -2.39. The number of halogens is 2. The number of rotatable bonds is 3. The third-order valence-electron chi connectivity index (χ3n) is 3.68. The molecule has 1 heterocycles. The van der Waals surface area contributed by atoms with Crippen LogP contribution < -0.4 is 15.5 Å². The van der Waals surface area contributed by atoms with Gasteiger partial charge < -0.3 is 15.5 Å². The Hall–Kier alpha value is -2.41. The fraction of sp³-hybridized carbons (Fsp3) is 0.176. The molecule has 0 aromatic heterocycles. The Morgan fingerprint density at radius 1 is 1.21 bits per heavy atom. The van der Waals surface area contributed by atoms with Crippen molar-refractivity contribution in [3.63, 3.8) is 0 Å². The molecule has 7 heteroatoms. The minimum atomic E-state index is -0.369. The van der Waals surface area contributed by atoms with Crippen molar-refractivity contribution in [3.05, 3.63) is 58.8 Å². The molecule has 0 radical (unpaired) electrons. The highest BCUT2D eigenvalue weighted by Crippen LogP contribution is 2.22. The topological polar surface area (TPSA) is 61.4 Å². The van der Waals surface area contributed by atoms with Gasteiger partial charge in [-0.15, -0.1) is 0 Å². The lowest BCUT2D eigenvalue weighted by atomic mass is 10.2. The average Bonchev–Trinajstić information content (AvgIpc) is 2.88. The molecule has 24 heavy (non-hydrogen) atoms. The van der Waals surface area contributed by atoms with Gasteiger partial charge >= 0.3 is 6.03 Å². The van der Waals surface area contributed by atoms with Crippen LogP contribution in [-0.4, -0.2) is 24.5 Å². The van der Waals surface area contributed by atoms with Crippen LogP contribution >= 0.6 is 15.9 Å². The Morgan fingerprint density at radius 2 is 1.96 bits per heavy atom. The van der Waals surface area contributed by atoms with Gasteiger partial charge in [0, 0.05) is 28.8 Å². The van der Waals surface area contributed by atoms with Crippen molar-refractivity contribution < 1.29 is 14.0 Å². The number of amides is 3. The summed E-state index contributed by atoms with van der Waals surface area (Å²) < 4.78 is 13.8. The molecule has 0 aliphatic carbocycles. The molecule has 5 nitrogen and oxygen atoms in total. The van der Waals surface area contributed by atoms with Gasteiger partial charge in [-0.3, -0.25) is 4.79 Å². The number of hydrogen-bond acceptors (Lipinski definition) is 2.